The molecule has 1 aliphatic carbocycles. The van der Waals surface area contributed by atoms with E-state index in [-0.39, 0.29) is 0 Å². The lowest BCUT2D eigenvalue weighted by Gasteiger charge is -2.38. The van der Waals surface area contributed by atoms with Crippen molar-refractivity contribution in [1.82, 2.24) is 5.32 Å². The van der Waals surface area contributed by atoms with Gasteiger partial charge < -0.3 is 5.32 Å². The van der Waals surface area contributed by atoms with E-state index in [4.69, 9.17) is 0 Å². The topological polar surface area (TPSA) is 12.0 Å². The third-order valence-corrected chi connectivity index (χ3v) is 3.75. The largest absolute Gasteiger partial charge is 0.312 e. The summed E-state index contributed by atoms with van der Waals surface area (Å²) in [5.74, 6) is 0. The molecule has 1 fully saturated rings. The first-order valence-electron chi connectivity index (χ1n) is 5.00. The first-order chi connectivity index (χ1) is 6.29. The lowest BCUT2D eigenvalue weighted by Crippen LogP contribution is -2.36. The van der Waals surface area contributed by atoms with Crippen LogP contribution in [0.25, 0.3) is 0 Å². The third kappa shape index (κ3) is 2.32. The van der Waals surface area contributed by atoms with Crippen molar-refractivity contribution in [3.8, 4) is 0 Å². The highest BCUT2D eigenvalue weighted by molar-refractivity contribution is 7.07. The van der Waals surface area contributed by atoms with Crippen molar-refractivity contribution < 1.29 is 0 Å². The van der Waals surface area contributed by atoms with Gasteiger partial charge in [-0.3, -0.25) is 0 Å². The van der Waals surface area contributed by atoms with Crippen LogP contribution in [0.15, 0.2) is 16.8 Å². The average Bonchev–Trinajstić information content (AvgIpc) is 2.54. The molecule has 0 aliphatic heterocycles. The predicted molar refractivity (Wildman–Crippen MR) is 58.0 cm³/mol. The summed E-state index contributed by atoms with van der Waals surface area (Å²) in [6.45, 7) is 4.61. The molecule has 2 rings (SSSR count). The Morgan fingerprint density at radius 2 is 2.38 bits per heavy atom. The van der Waals surface area contributed by atoms with Gasteiger partial charge >= 0.3 is 0 Å². The Morgan fingerprint density at radius 3 is 2.92 bits per heavy atom. The summed E-state index contributed by atoms with van der Waals surface area (Å²) >= 11 is 1.78. The van der Waals surface area contributed by atoms with Crippen LogP contribution in [-0.4, -0.2) is 6.54 Å². The molecule has 0 unspecified atom stereocenters. The molecule has 1 aromatic rings. The van der Waals surface area contributed by atoms with Crippen molar-refractivity contribution in [2.24, 2.45) is 5.41 Å². The Bertz CT molecular complexity index is 249. The van der Waals surface area contributed by atoms with Gasteiger partial charge in [0.15, 0.2) is 0 Å². The molecule has 0 aromatic carbocycles. The maximum absolute atomic E-state index is 3.54. The maximum Gasteiger partial charge on any atom is 0.0213 e. The molecule has 1 nitrogen and oxygen atoms in total. The number of rotatable bonds is 4. The summed E-state index contributed by atoms with van der Waals surface area (Å²) in [4.78, 5) is 0. The van der Waals surface area contributed by atoms with Crippen molar-refractivity contribution in [2.75, 3.05) is 6.54 Å². The molecule has 1 aromatic heterocycles. The van der Waals surface area contributed by atoms with Crippen LogP contribution >= 0.6 is 11.3 Å². The summed E-state index contributed by atoms with van der Waals surface area (Å²) in [5.41, 5.74) is 2.03. The second kappa shape index (κ2) is 3.81. The van der Waals surface area contributed by atoms with Crippen molar-refractivity contribution in [3.63, 3.8) is 0 Å². The molecule has 0 spiro atoms. The van der Waals surface area contributed by atoms with E-state index in [1.807, 2.05) is 0 Å². The standard InChI is InChI=1S/C11H17NS/c1-11(4-2-5-11)9-12-7-10-3-6-13-8-10/h3,6,8,12H,2,4-5,7,9H2,1H3. The van der Waals surface area contributed by atoms with Crippen LogP contribution in [0.3, 0.4) is 0 Å². The quantitative estimate of drug-likeness (QED) is 0.778. The van der Waals surface area contributed by atoms with Gasteiger partial charge in [-0.1, -0.05) is 13.3 Å². The number of nitrogens with one attached hydrogen (secondary N) is 1. The summed E-state index contributed by atoms with van der Waals surface area (Å²) in [6, 6.07) is 2.20. The van der Waals surface area contributed by atoms with Gasteiger partial charge in [-0.25, -0.2) is 0 Å². The Hall–Kier alpha value is -0.340. The molecular formula is C11H17NS. The Balaban J connectivity index is 1.69. The van der Waals surface area contributed by atoms with Crippen molar-refractivity contribution in [3.05, 3.63) is 22.4 Å². The van der Waals surface area contributed by atoms with Crippen molar-refractivity contribution in [2.45, 2.75) is 32.7 Å². The Morgan fingerprint density at radius 1 is 1.54 bits per heavy atom. The van der Waals surface area contributed by atoms with Gasteiger partial charge in [0.2, 0.25) is 0 Å². The molecule has 0 radical (unpaired) electrons. The molecule has 1 heterocycles. The number of hydrogen-bond acceptors (Lipinski definition) is 2. The van der Waals surface area contributed by atoms with Crippen molar-refractivity contribution >= 4 is 11.3 Å². The molecule has 13 heavy (non-hydrogen) atoms. The SMILES string of the molecule is CC1(CNCc2ccsc2)CCC1. The van der Waals surface area contributed by atoms with Gasteiger partial charge in [0.05, 0.1) is 0 Å². The minimum atomic E-state index is 0.607. The van der Waals surface area contributed by atoms with E-state index in [9.17, 15) is 0 Å². The van der Waals surface area contributed by atoms with E-state index < -0.39 is 0 Å². The maximum atomic E-state index is 3.54. The monoisotopic (exact) mass is 195 g/mol. The van der Waals surface area contributed by atoms with Crippen LogP contribution in [0.1, 0.15) is 31.7 Å². The minimum absolute atomic E-state index is 0.607. The second-order valence-electron chi connectivity index (χ2n) is 4.40. The predicted octanol–water partition coefficient (Wildman–Crippen LogP) is 3.03. The van der Waals surface area contributed by atoms with E-state index >= 15 is 0 Å². The zero-order valence-electron chi connectivity index (χ0n) is 8.18. The fraction of sp³-hybridized carbons (Fsp3) is 0.636. The van der Waals surface area contributed by atoms with Gasteiger partial charge in [0.1, 0.15) is 0 Å². The van der Waals surface area contributed by atoms with Crippen LogP contribution in [0, 0.1) is 5.41 Å². The summed E-state index contributed by atoms with van der Waals surface area (Å²) in [6.07, 6.45) is 4.24. The van der Waals surface area contributed by atoms with Gasteiger partial charge in [-0.15, -0.1) is 0 Å². The number of thiophene rings is 1. The molecule has 2 heteroatoms. The van der Waals surface area contributed by atoms with Crippen LogP contribution in [0.5, 0.6) is 0 Å². The molecule has 0 saturated heterocycles. The molecule has 0 bridgehead atoms. The van der Waals surface area contributed by atoms with Crippen molar-refractivity contribution in [1.29, 1.82) is 0 Å². The van der Waals surface area contributed by atoms with Crippen LogP contribution in [0.4, 0.5) is 0 Å². The average molecular weight is 195 g/mol. The van der Waals surface area contributed by atoms with Crippen LogP contribution < -0.4 is 5.32 Å². The third-order valence-electron chi connectivity index (χ3n) is 3.02. The molecule has 0 atom stereocenters. The molecule has 1 N–H and O–H groups in total. The lowest BCUT2D eigenvalue weighted by atomic mass is 9.70. The fourth-order valence-corrected chi connectivity index (χ4v) is 2.53. The molecule has 1 aliphatic rings. The van der Waals surface area contributed by atoms with E-state index in [1.165, 1.54) is 31.4 Å². The second-order valence-corrected chi connectivity index (χ2v) is 5.18. The smallest absolute Gasteiger partial charge is 0.0213 e. The van der Waals surface area contributed by atoms with Crippen LogP contribution in [-0.2, 0) is 6.54 Å². The molecule has 72 valence electrons. The van der Waals surface area contributed by atoms with E-state index in [1.54, 1.807) is 11.3 Å². The highest BCUT2D eigenvalue weighted by Crippen LogP contribution is 2.39. The highest BCUT2D eigenvalue weighted by Gasteiger charge is 2.30. The first-order valence-corrected chi connectivity index (χ1v) is 5.95. The van der Waals surface area contributed by atoms with Gasteiger partial charge in [0, 0.05) is 13.1 Å². The number of hydrogen-bond donors (Lipinski definition) is 1. The first kappa shape index (κ1) is 9.22. The zero-order chi connectivity index (χ0) is 9.15. The van der Waals surface area contributed by atoms with Crippen LogP contribution in [0.2, 0.25) is 0 Å². The van der Waals surface area contributed by atoms with Gasteiger partial charge in [0.25, 0.3) is 0 Å². The van der Waals surface area contributed by atoms with Gasteiger partial charge in [-0.2, -0.15) is 11.3 Å². The minimum Gasteiger partial charge on any atom is -0.312 e. The zero-order valence-corrected chi connectivity index (χ0v) is 8.99. The van der Waals surface area contributed by atoms with E-state index in [0.29, 0.717) is 5.41 Å². The summed E-state index contributed by atoms with van der Waals surface area (Å²) in [7, 11) is 0. The molecule has 0 amide bonds. The summed E-state index contributed by atoms with van der Waals surface area (Å²) in [5, 5.41) is 7.90. The Kier molecular flexibility index (Phi) is 2.70. The Labute approximate surface area is 84.2 Å². The van der Waals surface area contributed by atoms with E-state index in [2.05, 4.69) is 29.1 Å². The fourth-order valence-electron chi connectivity index (χ4n) is 1.86. The molecular weight excluding hydrogens is 178 g/mol. The molecule has 1 saturated carbocycles. The van der Waals surface area contributed by atoms with E-state index in [0.717, 1.165) is 6.54 Å². The lowest BCUT2D eigenvalue weighted by molar-refractivity contribution is 0.156. The highest BCUT2D eigenvalue weighted by atomic mass is 32.1. The van der Waals surface area contributed by atoms with Gasteiger partial charge in [-0.05, 0) is 40.6 Å². The normalized spacial score (nSPS) is 19.8. The summed E-state index contributed by atoms with van der Waals surface area (Å²) < 4.78 is 0.